The summed E-state index contributed by atoms with van der Waals surface area (Å²) in [6.07, 6.45) is 2.23. The van der Waals surface area contributed by atoms with E-state index in [1.165, 1.54) is 6.26 Å². The van der Waals surface area contributed by atoms with Crippen LogP contribution < -0.4 is 5.32 Å². The highest BCUT2D eigenvalue weighted by atomic mass is 32.1. The van der Waals surface area contributed by atoms with Gasteiger partial charge in [-0.15, -0.1) is 11.3 Å². The van der Waals surface area contributed by atoms with E-state index in [1.807, 2.05) is 19.2 Å². The van der Waals surface area contributed by atoms with Gasteiger partial charge in [0.1, 0.15) is 5.01 Å². The van der Waals surface area contributed by atoms with E-state index in [-0.39, 0.29) is 18.0 Å². The summed E-state index contributed by atoms with van der Waals surface area (Å²) in [4.78, 5) is 32.8. The lowest BCUT2D eigenvalue weighted by Gasteiger charge is -2.23. The first-order valence-electron chi connectivity index (χ1n) is 8.35. The van der Waals surface area contributed by atoms with Gasteiger partial charge < -0.3 is 19.5 Å². The minimum absolute atomic E-state index is 0.118. The number of nitrogens with one attached hydrogen (secondary N) is 1. The van der Waals surface area contributed by atoms with Crippen molar-refractivity contribution in [3.8, 4) is 0 Å². The molecule has 2 aromatic heterocycles. The molecule has 7 nitrogen and oxygen atoms in total. The number of furan rings is 1. The number of amides is 3. The van der Waals surface area contributed by atoms with E-state index in [9.17, 15) is 9.59 Å². The molecule has 3 rings (SSSR count). The minimum Gasteiger partial charge on any atom is -0.459 e. The first-order valence-corrected chi connectivity index (χ1v) is 9.23. The Kier molecular flexibility index (Phi) is 5.37. The predicted octanol–water partition coefficient (Wildman–Crippen LogP) is 2.66. The molecule has 0 radical (unpaired) electrons. The summed E-state index contributed by atoms with van der Waals surface area (Å²) in [6, 6.07) is 3.12. The molecule has 1 aliphatic heterocycles. The van der Waals surface area contributed by atoms with Gasteiger partial charge in [-0.3, -0.25) is 4.79 Å². The van der Waals surface area contributed by atoms with Crippen molar-refractivity contribution in [3.63, 3.8) is 0 Å². The van der Waals surface area contributed by atoms with Gasteiger partial charge in [0.2, 0.25) is 0 Å². The third-order valence-corrected chi connectivity index (χ3v) is 5.29. The second-order valence-electron chi connectivity index (χ2n) is 6.11. The SMILES string of the molecule is Cc1csc(C(C)NC(=O)N2CCCN(C(=O)c3ccco3)CC2)n1. The van der Waals surface area contributed by atoms with Gasteiger partial charge in [-0.2, -0.15) is 0 Å². The summed E-state index contributed by atoms with van der Waals surface area (Å²) in [7, 11) is 0. The quantitative estimate of drug-likeness (QED) is 0.910. The van der Waals surface area contributed by atoms with Crippen molar-refractivity contribution in [2.75, 3.05) is 26.2 Å². The number of aromatic nitrogens is 1. The van der Waals surface area contributed by atoms with Crippen molar-refractivity contribution in [2.24, 2.45) is 0 Å². The summed E-state index contributed by atoms with van der Waals surface area (Å²) in [5, 5.41) is 5.86. The molecule has 3 amide bonds. The van der Waals surface area contributed by atoms with E-state index in [1.54, 1.807) is 33.3 Å². The van der Waals surface area contributed by atoms with Crippen LogP contribution in [-0.2, 0) is 0 Å². The fourth-order valence-corrected chi connectivity index (χ4v) is 3.59. The largest absolute Gasteiger partial charge is 0.459 e. The van der Waals surface area contributed by atoms with Crippen LogP contribution in [0.1, 0.15) is 40.6 Å². The molecule has 3 heterocycles. The van der Waals surface area contributed by atoms with E-state index < -0.39 is 0 Å². The molecule has 0 bridgehead atoms. The highest BCUT2D eigenvalue weighted by molar-refractivity contribution is 7.09. The van der Waals surface area contributed by atoms with Gasteiger partial charge in [0.25, 0.3) is 5.91 Å². The van der Waals surface area contributed by atoms with Crippen LogP contribution in [0, 0.1) is 6.92 Å². The second kappa shape index (κ2) is 7.69. The lowest BCUT2D eigenvalue weighted by molar-refractivity contribution is 0.0730. The van der Waals surface area contributed by atoms with Gasteiger partial charge in [0.05, 0.1) is 12.3 Å². The van der Waals surface area contributed by atoms with Crippen molar-refractivity contribution in [2.45, 2.75) is 26.3 Å². The van der Waals surface area contributed by atoms with Crippen LogP contribution in [-0.4, -0.2) is 52.9 Å². The molecule has 0 aliphatic carbocycles. The molecule has 0 saturated carbocycles. The Labute approximate surface area is 150 Å². The van der Waals surface area contributed by atoms with Gasteiger partial charge >= 0.3 is 6.03 Å². The maximum absolute atomic E-state index is 12.5. The molecule has 2 aromatic rings. The molecule has 1 fully saturated rings. The Morgan fingerprint density at radius 3 is 2.72 bits per heavy atom. The summed E-state index contributed by atoms with van der Waals surface area (Å²) >= 11 is 1.55. The lowest BCUT2D eigenvalue weighted by atomic mass is 10.3. The van der Waals surface area contributed by atoms with Gasteiger partial charge in [0, 0.05) is 37.3 Å². The van der Waals surface area contributed by atoms with Crippen LogP contribution >= 0.6 is 11.3 Å². The maximum atomic E-state index is 12.5. The first-order chi connectivity index (χ1) is 12.0. The zero-order valence-corrected chi connectivity index (χ0v) is 15.2. The number of carbonyl (C=O) groups excluding carboxylic acids is 2. The van der Waals surface area contributed by atoms with E-state index in [0.29, 0.717) is 31.9 Å². The van der Waals surface area contributed by atoms with Crippen molar-refractivity contribution in [1.82, 2.24) is 20.1 Å². The number of aryl methyl sites for hydroxylation is 1. The normalized spacial score (nSPS) is 16.4. The topological polar surface area (TPSA) is 78.7 Å². The smallest absolute Gasteiger partial charge is 0.318 e. The molecule has 1 atom stereocenters. The Bertz CT molecular complexity index is 728. The Morgan fingerprint density at radius 2 is 2.04 bits per heavy atom. The van der Waals surface area contributed by atoms with Crippen molar-refractivity contribution in [3.05, 3.63) is 40.2 Å². The Balaban J connectivity index is 1.55. The number of hydrogen-bond donors (Lipinski definition) is 1. The molecule has 1 N–H and O–H groups in total. The van der Waals surface area contributed by atoms with E-state index in [0.717, 1.165) is 17.1 Å². The molecular weight excluding hydrogens is 340 g/mol. The zero-order valence-electron chi connectivity index (χ0n) is 14.4. The fraction of sp³-hybridized carbons (Fsp3) is 0.471. The molecule has 8 heteroatoms. The van der Waals surface area contributed by atoms with Crippen LogP contribution in [0.2, 0.25) is 0 Å². The van der Waals surface area contributed by atoms with Gasteiger partial charge in [-0.05, 0) is 32.4 Å². The monoisotopic (exact) mass is 362 g/mol. The summed E-state index contributed by atoms with van der Waals surface area (Å²) in [6.45, 7) is 6.11. The molecule has 134 valence electrons. The van der Waals surface area contributed by atoms with Crippen molar-refractivity contribution in [1.29, 1.82) is 0 Å². The number of urea groups is 1. The highest BCUT2D eigenvalue weighted by Crippen LogP contribution is 2.18. The van der Waals surface area contributed by atoms with Gasteiger partial charge in [0.15, 0.2) is 5.76 Å². The average molecular weight is 362 g/mol. The number of nitrogens with zero attached hydrogens (tertiary/aromatic N) is 3. The number of thiazole rings is 1. The molecule has 0 aromatic carbocycles. The minimum atomic E-state index is -0.129. The number of carbonyl (C=O) groups is 2. The Hall–Kier alpha value is -2.35. The first kappa shape index (κ1) is 17.5. The van der Waals surface area contributed by atoms with Crippen LogP contribution in [0.4, 0.5) is 4.79 Å². The van der Waals surface area contributed by atoms with Crippen LogP contribution in [0.25, 0.3) is 0 Å². The standard InChI is InChI=1S/C17H22N4O3S/c1-12-11-25-15(18-12)13(2)19-17(23)21-7-4-6-20(8-9-21)16(22)14-5-3-10-24-14/h3,5,10-11,13H,4,6-9H2,1-2H3,(H,19,23). The predicted molar refractivity (Wildman–Crippen MR) is 94.6 cm³/mol. The molecule has 1 saturated heterocycles. The molecule has 1 aliphatic rings. The van der Waals surface area contributed by atoms with E-state index in [2.05, 4.69) is 10.3 Å². The summed E-state index contributed by atoms with van der Waals surface area (Å²) < 4.78 is 5.18. The fourth-order valence-electron chi connectivity index (χ4n) is 2.79. The molecule has 1 unspecified atom stereocenters. The number of hydrogen-bond acceptors (Lipinski definition) is 5. The van der Waals surface area contributed by atoms with Crippen LogP contribution in [0.3, 0.4) is 0 Å². The summed E-state index contributed by atoms with van der Waals surface area (Å²) in [5.41, 5.74) is 0.961. The average Bonchev–Trinajstić information content (AvgIpc) is 3.21. The molecule has 0 spiro atoms. The van der Waals surface area contributed by atoms with Crippen LogP contribution in [0.15, 0.2) is 28.2 Å². The molecule has 25 heavy (non-hydrogen) atoms. The van der Waals surface area contributed by atoms with Crippen molar-refractivity contribution >= 4 is 23.3 Å². The summed E-state index contributed by atoms with van der Waals surface area (Å²) in [5.74, 6) is 0.213. The van der Waals surface area contributed by atoms with E-state index in [4.69, 9.17) is 4.42 Å². The second-order valence-corrected chi connectivity index (χ2v) is 7.00. The highest BCUT2D eigenvalue weighted by Gasteiger charge is 2.25. The number of rotatable bonds is 3. The van der Waals surface area contributed by atoms with Gasteiger partial charge in [-0.25, -0.2) is 9.78 Å². The van der Waals surface area contributed by atoms with Crippen molar-refractivity contribution < 1.29 is 14.0 Å². The zero-order chi connectivity index (χ0) is 17.8. The molecular formula is C17H22N4O3S. The lowest BCUT2D eigenvalue weighted by Crippen LogP contribution is -2.43. The van der Waals surface area contributed by atoms with Crippen LogP contribution in [0.5, 0.6) is 0 Å². The third kappa shape index (κ3) is 4.19. The van der Waals surface area contributed by atoms with E-state index >= 15 is 0 Å². The Morgan fingerprint density at radius 1 is 1.28 bits per heavy atom. The third-order valence-electron chi connectivity index (χ3n) is 4.15. The maximum Gasteiger partial charge on any atom is 0.318 e. The van der Waals surface area contributed by atoms with Gasteiger partial charge in [-0.1, -0.05) is 0 Å².